The third-order valence-electron chi connectivity index (χ3n) is 3.19. The highest BCUT2D eigenvalue weighted by atomic mass is 35.5. The summed E-state index contributed by atoms with van der Waals surface area (Å²) in [4.78, 5) is 1.31. The lowest BCUT2D eigenvalue weighted by Gasteiger charge is -2.22. The molecule has 0 radical (unpaired) electrons. The predicted molar refractivity (Wildman–Crippen MR) is 80.3 cm³/mol. The highest BCUT2D eigenvalue weighted by molar-refractivity contribution is 7.10. The number of hydrogen-bond donors (Lipinski definition) is 1. The molecule has 0 aliphatic heterocycles. The first-order valence-corrected chi connectivity index (χ1v) is 7.62. The Kier molecular flexibility index (Phi) is 4.97. The number of benzene rings is 1. The highest BCUT2D eigenvalue weighted by Gasteiger charge is 2.15. The van der Waals surface area contributed by atoms with Crippen molar-refractivity contribution in [3.05, 3.63) is 57.0 Å². The van der Waals surface area contributed by atoms with Gasteiger partial charge in [0.1, 0.15) is 5.82 Å². The average Bonchev–Trinajstić information content (AvgIpc) is 2.92. The minimum absolute atomic E-state index is 0.0822. The second-order valence-corrected chi connectivity index (χ2v) is 5.92. The molecule has 0 saturated carbocycles. The molecule has 0 bridgehead atoms. The lowest BCUT2D eigenvalue weighted by molar-refractivity contribution is 0.460. The van der Waals surface area contributed by atoms with E-state index in [2.05, 4.69) is 29.8 Å². The summed E-state index contributed by atoms with van der Waals surface area (Å²) < 4.78 is 13.5. The zero-order valence-corrected chi connectivity index (χ0v) is 12.6. The molecular formula is C15H17ClFNS. The standard InChI is InChI=1S/C15H17ClFNS/c1-3-14(15-5-4-8-19-15)18-10(2)11-6-7-12(16)13(17)9-11/h4-10,14,18H,3H2,1-2H3. The van der Waals surface area contributed by atoms with Crippen molar-refractivity contribution in [2.75, 3.05) is 0 Å². The van der Waals surface area contributed by atoms with Crippen molar-refractivity contribution >= 4 is 22.9 Å². The molecule has 1 aromatic carbocycles. The summed E-state index contributed by atoms with van der Waals surface area (Å²) in [7, 11) is 0. The summed E-state index contributed by atoms with van der Waals surface area (Å²) in [6.45, 7) is 4.19. The van der Waals surface area contributed by atoms with Crippen molar-refractivity contribution in [1.29, 1.82) is 0 Å². The fourth-order valence-corrected chi connectivity index (χ4v) is 3.06. The van der Waals surface area contributed by atoms with Gasteiger partial charge in [0, 0.05) is 17.0 Å². The van der Waals surface area contributed by atoms with Crippen LogP contribution in [0.1, 0.15) is 42.8 Å². The van der Waals surface area contributed by atoms with Gasteiger partial charge in [-0.3, -0.25) is 0 Å². The van der Waals surface area contributed by atoms with E-state index in [0.29, 0.717) is 6.04 Å². The molecule has 0 fully saturated rings. The highest BCUT2D eigenvalue weighted by Crippen LogP contribution is 2.26. The molecule has 0 aliphatic rings. The van der Waals surface area contributed by atoms with Crippen LogP contribution in [0.5, 0.6) is 0 Å². The van der Waals surface area contributed by atoms with E-state index in [1.807, 2.05) is 13.0 Å². The van der Waals surface area contributed by atoms with Gasteiger partial charge in [-0.1, -0.05) is 30.7 Å². The molecule has 2 aromatic rings. The Morgan fingerprint density at radius 2 is 2.16 bits per heavy atom. The number of rotatable bonds is 5. The van der Waals surface area contributed by atoms with Crippen molar-refractivity contribution in [3.8, 4) is 0 Å². The van der Waals surface area contributed by atoms with Crippen molar-refractivity contribution < 1.29 is 4.39 Å². The van der Waals surface area contributed by atoms with E-state index in [1.165, 1.54) is 10.9 Å². The molecule has 19 heavy (non-hydrogen) atoms. The van der Waals surface area contributed by atoms with Crippen molar-refractivity contribution in [1.82, 2.24) is 5.32 Å². The average molecular weight is 298 g/mol. The normalized spacial score (nSPS) is 14.3. The van der Waals surface area contributed by atoms with Crippen LogP contribution in [-0.4, -0.2) is 0 Å². The van der Waals surface area contributed by atoms with Crippen LogP contribution in [0.3, 0.4) is 0 Å². The topological polar surface area (TPSA) is 12.0 Å². The lowest BCUT2D eigenvalue weighted by atomic mass is 10.1. The Labute approximate surface area is 122 Å². The Hall–Kier alpha value is -0.900. The molecule has 1 nitrogen and oxygen atoms in total. The summed E-state index contributed by atoms with van der Waals surface area (Å²) in [6.07, 6.45) is 1.00. The zero-order valence-electron chi connectivity index (χ0n) is 11.0. The van der Waals surface area contributed by atoms with E-state index in [1.54, 1.807) is 17.4 Å². The molecule has 0 spiro atoms. The molecule has 102 valence electrons. The van der Waals surface area contributed by atoms with E-state index in [-0.39, 0.29) is 16.9 Å². The molecule has 2 unspecified atom stereocenters. The minimum Gasteiger partial charge on any atom is -0.303 e. The van der Waals surface area contributed by atoms with Crippen molar-refractivity contribution in [2.45, 2.75) is 32.4 Å². The van der Waals surface area contributed by atoms with Crippen LogP contribution in [0.15, 0.2) is 35.7 Å². The lowest BCUT2D eigenvalue weighted by Crippen LogP contribution is -2.23. The van der Waals surface area contributed by atoms with Crippen LogP contribution < -0.4 is 5.32 Å². The summed E-state index contributed by atoms with van der Waals surface area (Å²) >= 11 is 7.45. The van der Waals surface area contributed by atoms with Gasteiger partial charge >= 0.3 is 0 Å². The number of hydrogen-bond acceptors (Lipinski definition) is 2. The fourth-order valence-electron chi connectivity index (χ4n) is 2.07. The largest absolute Gasteiger partial charge is 0.303 e. The van der Waals surface area contributed by atoms with Gasteiger partial charge in [0.25, 0.3) is 0 Å². The Morgan fingerprint density at radius 3 is 2.74 bits per heavy atom. The number of nitrogens with one attached hydrogen (secondary N) is 1. The molecular weight excluding hydrogens is 281 g/mol. The van der Waals surface area contributed by atoms with Gasteiger partial charge in [-0.05, 0) is 42.5 Å². The first-order chi connectivity index (χ1) is 9.11. The van der Waals surface area contributed by atoms with E-state index >= 15 is 0 Å². The zero-order chi connectivity index (χ0) is 13.8. The van der Waals surface area contributed by atoms with E-state index in [4.69, 9.17) is 11.6 Å². The van der Waals surface area contributed by atoms with E-state index < -0.39 is 0 Å². The van der Waals surface area contributed by atoms with Crippen molar-refractivity contribution in [3.63, 3.8) is 0 Å². The summed E-state index contributed by atoms with van der Waals surface area (Å²) in [6, 6.07) is 9.53. The monoisotopic (exact) mass is 297 g/mol. The quantitative estimate of drug-likeness (QED) is 0.785. The number of thiophene rings is 1. The minimum atomic E-state index is -0.364. The fraction of sp³-hybridized carbons (Fsp3) is 0.333. The maximum atomic E-state index is 13.5. The second kappa shape index (κ2) is 6.51. The predicted octanol–water partition coefficient (Wildman–Crippen LogP) is 5.34. The third kappa shape index (κ3) is 3.56. The molecule has 0 aliphatic carbocycles. The van der Waals surface area contributed by atoms with Gasteiger partial charge in [-0.2, -0.15) is 0 Å². The Bertz CT molecular complexity index is 527. The second-order valence-electron chi connectivity index (χ2n) is 4.54. The van der Waals surface area contributed by atoms with Crippen molar-refractivity contribution in [2.24, 2.45) is 0 Å². The Morgan fingerprint density at radius 1 is 1.37 bits per heavy atom. The summed E-state index contributed by atoms with van der Waals surface area (Å²) in [5, 5.41) is 5.78. The van der Waals surface area contributed by atoms with Crippen LogP contribution in [-0.2, 0) is 0 Å². The number of halogens is 2. The molecule has 1 N–H and O–H groups in total. The van der Waals surface area contributed by atoms with Crippen LogP contribution in [0, 0.1) is 5.82 Å². The van der Waals surface area contributed by atoms with Gasteiger partial charge in [0.15, 0.2) is 0 Å². The molecule has 2 atom stereocenters. The van der Waals surface area contributed by atoms with Gasteiger partial charge in [-0.15, -0.1) is 11.3 Å². The smallest absolute Gasteiger partial charge is 0.142 e. The van der Waals surface area contributed by atoms with E-state index in [0.717, 1.165) is 12.0 Å². The van der Waals surface area contributed by atoms with Gasteiger partial charge in [0.2, 0.25) is 0 Å². The molecule has 4 heteroatoms. The van der Waals surface area contributed by atoms with E-state index in [9.17, 15) is 4.39 Å². The summed E-state index contributed by atoms with van der Waals surface area (Å²) in [5.74, 6) is -0.364. The van der Waals surface area contributed by atoms with Gasteiger partial charge < -0.3 is 5.32 Å². The van der Waals surface area contributed by atoms with Crippen LogP contribution in [0.4, 0.5) is 4.39 Å². The molecule has 0 saturated heterocycles. The molecule has 1 heterocycles. The maximum Gasteiger partial charge on any atom is 0.142 e. The first kappa shape index (κ1) is 14.5. The van der Waals surface area contributed by atoms with Crippen LogP contribution in [0.2, 0.25) is 5.02 Å². The van der Waals surface area contributed by atoms with Gasteiger partial charge in [0.05, 0.1) is 5.02 Å². The molecule has 1 aromatic heterocycles. The molecule has 0 amide bonds. The van der Waals surface area contributed by atoms with Crippen LogP contribution >= 0.6 is 22.9 Å². The maximum absolute atomic E-state index is 13.5. The molecule has 2 rings (SSSR count). The van der Waals surface area contributed by atoms with Gasteiger partial charge in [-0.25, -0.2) is 4.39 Å². The third-order valence-corrected chi connectivity index (χ3v) is 4.48. The Balaban J connectivity index is 2.11. The first-order valence-electron chi connectivity index (χ1n) is 6.36. The SMILES string of the molecule is CCC(NC(C)c1ccc(Cl)c(F)c1)c1cccs1. The summed E-state index contributed by atoms with van der Waals surface area (Å²) in [5.41, 5.74) is 0.914. The van der Waals surface area contributed by atoms with Crippen LogP contribution in [0.25, 0.3) is 0 Å².